The Hall–Kier alpha value is -4.41. The lowest BCUT2D eigenvalue weighted by Crippen LogP contribution is -2.37. The van der Waals surface area contributed by atoms with E-state index in [9.17, 15) is 34.1 Å². The Labute approximate surface area is 173 Å². The minimum absolute atomic E-state index is 0.168. The molecule has 0 saturated heterocycles. The van der Waals surface area contributed by atoms with Crippen molar-refractivity contribution in [1.82, 2.24) is 9.80 Å². The quantitative estimate of drug-likeness (QED) is 0.290. The summed E-state index contributed by atoms with van der Waals surface area (Å²) in [6.45, 7) is -1.30. The van der Waals surface area contributed by atoms with E-state index in [4.69, 9.17) is 4.74 Å². The molecular formula is C20H13N3O8. The van der Waals surface area contributed by atoms with E-state index in [0.29, 0.717) is 4.90 Å². The van der Waals surface area contributed by atoms with Gasteiger partial charge in [-0.25, -0.2) is 0 Å². The lowest BCUT2D eigenvalue weighted by Gasteiger charge is -2.15. The molecule has 0 saturated carbocycles. The number of rotatable bonds is 6. The van der Waals surface area contributed by atoms with Crippen molar-refractivity contribution in [3.05, 3.63) is 74.8 Å². The second kappa shape index (κ2) is 7.44. The molecule has 0 radical (unpaired) electrons. The molecule has 2 aliphatic rings. The molecule has 31 heavy (non-hydrogen) atoms. The maximum Gasteiger partial charge on any atom is 0.326 e. The van der Waals surface area contributed by atoms with Gasteiger partial charge in [-0.2, -0.15) is 0 Å². The third-order valence-electron chi connectivity index (χ3n) is 4.92. The highest BCUT2D eigenvalue weighted by Gasteiger charge is 2.42. The normalized spacial score (nSPS) is 14.7. The summed E-state index contributed by atoms with van der Waals surface area (Å²) in [7, 11) is 0. The fourth-order valence-corrected chi connectivity index (χ4v) is 3.48. The number of imide groups is 2. The summed E-state index contributed by atoms with van der Waals surface area (Å²) >= 11 is 0. The average molecular weight is 423 g/mol. The number of amides is 4. The van der Waals surface area contributed by atoms with E-state index in [1.54, 1.807) is 12.1 Å². The first-order valence-corrected chi connectivity index (χ1v) is 9.05. The van der Waals surface area contributed by atoms with Gasteiger partial charge in [0, 0.05) is 6.07 Å². The predicted octanol–water partition coefficient (Wildman–Crippen LogP) is 1.03. The van der Waals surface area contributed by atoms with E-state index in [2.05, 4.69) is 0 Å². The van der Waals surface area contributed by atoms with Crippen LogP contribution in [0.3, 0.4) is 0 Å². The Balaban J connectivity index is 1.37. The molecule has 0 aromatic heterocycles. The van der Waals surface area contributed by atoms with Crippen LogP contribution in [0, 0.1) is 10.1 Å². The number of nitro benzene ring substituents is 1. The first-order valence-electron chi connectivity index (χ1n) is 9.05. The number of hydrogen-bond acceptors (Lipinski definition) is 8. The van der Waals surface area contributed by atoms with Crippen molar-refractivity contribution in [3.63, 3.8) is 0 Å². The van der Waals surface area contributed by atoms with Crippen LogP contribution in [0.25, 0.3) is 0 Å². The number of ether oxygens (including phenoxy) is 1. The molecular weight excluding hydrogens is 410 g/mol. The maximum atomic E-state index is 12.5. The fraction of sp³-hybridized carbons (Fsp3) is 0.150. The SMILES string of the molecule is O=C(CN1C(=O)c2cccc([N+](=O)[O-])c2C1=O)OCCN1C(=O)c2ccccc2C1=O. The molecule has 0 fully saturated rings. The lowest BCUT2D eigenvalue weighted by molar-refractivity contribution is -0.385. The second-order valence-electron chi connectivity index (χ2n) is 6.68. The number of hydrogen-bond donors (Lipinski definition) is 0. The van der Waals surface area contributed by atoms with Crippen molar-refractivity contribution in [3.8, 4) is 0 Å². The molecule has 4 rings (SSSR count). The van der Waals surface area contributed by atoms with Crippen LogP contribution in [0.4, 0.5) is 5.69 Å². The van der Waals surface area contributed by atoms with Crippen LogP contribution in [-0.4, -0.2) is 64.0 Å². The third-order valence-corrected chi connectivity index (χ3v) is 4.92. The van der Waals surface area contributed by atoms with Crippen LogP contribution in [0.2, 0.25) is 0 Å². The van der Waals surface area contributed by atoms with Gasteiger partial charge in [0.25, 0.3) is 29.3 Å². The molecule has 11 heteroatoms. The molecule has 2 aliphatic heterocycles. The standard InChI is InChI=1S/C20H13N3O8/c24-15(31-9-8-21-17(25)11-4-1-2-5-12(11)18(21)26)10-22-19(27)13-6-3-7-14(23(29)30)16(13)20(22)28/h1-7H,8-10H2. The number of benzene rings is 2. The van der Waals surface area contributed by atoms with Crippen molar-refractivity contribution >= 4 is 35.3 Å². The summed E-state index contributed by atoms with van der Waals surface area (Å²) in [5, 5.41) is 11.1. The van der Waals surface area contributed by atoms with Gasteiger partial charge in [0.2, 0.25) is 0 Å². The Morgan fingerprint density at radius 3 is 2.03 bits per heavy atom. The van der Waals surface area contributed by atoms with Gasteiger partial charge in [-0.3, -0.25) is 43.9 Å². The van der Waals surface area contributed by atoms with Crippen molar-refractivity contribution in [2.45, 2.75) is 0 Å². The van der Waals surface area contributed by atoms with Crippen LogP contribution >= 0.6 is 0 Å². The van der Waals surface area contributed by atoms with Crippen LogP contribution in [-0.2, 0) is 9.53 Å². The zero-order valence-corrected chi connectivity index (χ0v) is 15.8. The largest absolute Gasteiger partial charge is 0.462 e. The molecule has 0 aliphatic carbocycles. The number of carbonyl (C=O) groups excluding carboxylic acids is 5. The summed E-state index contributed by atoms with van der Waals surface area (Å²) in [5.41, 5.74) is -0.565. The van der Waals surface area contributed by atoms with E-state index in [-0.39, 0.29) is 35.4 Å². The van der Waals surface area contributed by atoms with E-state index in [0.717, 1.165) is 11.0 Å². The van der Waals surface area contributed by atoms with Crippen LogP contribution < -0.4 is 0 Å². The Morgan fingerprint density at radius 2 is 1.42 bits per heavy atom. The molecule has 156 valence electrons. The fourth-order valence-electron chi connectivity index (χ4n) is 3.48. The van der Waals surface area contributed by atoms with Gasteiger partial charge in [-0.05, 0) is 18.2 Å². The van der Waals surface area contributed by atoms with E-state index in [1.807, 2.05) is 0 Å². The maximum absolute atomic E-state index is 12.5. The summed E-state index contributed by atoms with van der Waals surface area (Å²) < 4.78 is 4.97. The van der Waals surface area contributed by atoms with Crippen molar-refractivity contribution in [2.24, 2.45) is 0 Å². The highest BCUT2D eigenvalue weighted by molar-refractivity contribution is 6.24. The predicted molar refractivity (Wildman–Crippen MR) is 101 cm³/mol. The molecule has 2 aromatic carbocycles. The number of esters is 1. The summed E-state index contributed by atoms with van der Waals surface area (Å²) in [4.78, 5) is 73.3. The van der Waals surface area contributed by atoms with Crippen LogP contribution in [0.15, 0.2) is 42.5 Å². The number of fused-ring (bicyclic) bond motifs is 2. The molecule has 4 amide bonds. The molecule has 0 N–H and O–H groups in total. The van der Waals surface area contributed by atoms with Gasteiger partial charge in [-0.15, -0.1) is 0 Å². The van der Waals surface area contributed by atoms with Crippen molar-refractivity contribution < 1.29 is 33.6 Å². The zero-order valence-electron chi connectivity index (χ0n) is 15.8. The summed E-state index contributed by atoms with van der Waals surface area (Å²) in [5.74, 6) is -3.80. The van der Waals surface area contributed by atoms with E-state index >= 15 is 0 Å². The van der Waals surface area contributed by atoms with Gasteiger partial charge in [0.05, 0.1) is 28.2 Å². The molecule has 2 aromatic rings. The molecule has 2 heterocycles. The minimum atomic E-state index is -0.968. The van der Waals surface area contributed by atoms with E-state index in [1.165, 1.54) is 24.3 Å². The number of nitro groups is 1. The van der Waals surface area contributed by atoms with Gasteiger partial charge >= 0.3 is 5.97 Å². The Kier molecular flexibility index (Phi) is 4.78. The van der Waals surface area contributed by atoms with Crippen LogP contribution in [0.1, 0.15) is 41.4 Å². The zero-order chi connectivity index (χ0) is 22.3. The Bertz CT molecular complexity index is 1150. The average Bonchev–Trinajstić information content (AvgIpc) is 3.14. The monoisotopic (exact) mass is 423 g/mol. The molecule has 0 spiro atoms. The van der Waals surface area contributed by atoms with Gasteiger partial charge < -0.3 is 4.74 Å². The van der Waals surface area contributed by atoms with Crippen molar-refractivity contribution in [2.75, 3.05) is 19.7 Å². The minimum Gasteiger partial charge on any atom is -0.462 e. The topological polar surface area (TPSA) is 144 Å². The smallest absolute Gasteiger partial charge is 0.326 e. The number of carbonyl (C=O) groups is 5. The lowest BCUT2D eigenvalue weighted by atomic mass is 10.1. The first-order chi connectivity index (χ1) is 14.8. The highest BCUT2D eigenvalue weighted by Crippen LogP contribution is 2.30. The highest BCUT2D eigenvalue weighted by atomic mass is 16.6. The van der Waals surface area contributed by atoms with Gasteiger partial charge in [-0.1, -0.05) is 18.2 Å². The van der Waals surface area contributed by atoms with Crippen LogP contribution in [0.5, 0.6) is 0 Å². The Morgan fingerprint density at radius 1 is 0.839 bits per heavy atom. The molecule has 11 nitrogen and oxygen atoms in total. The van der Waals surface area contributed by atoms with E-state index < -0.39 is 46.8 Å². The summed E-state index contributed by atoms with van der Waals surface area (Å²) in [6.07, 6.45) is 0. The summed E-state index contributed by atoms with van der Waals surface area (Å²) in [6, 6.07) is 9.90. The second-order valence-corrected chi connectivity index (χ2v) is 6.68. The van der Waals surface area contributed by atoms with Gasteiger partial charge in [0.1, 0.15) is 18.7 Å². The van der Waals surface area contributed by atoms with Crippen molar-refractivity contribution in [1.29, 1.82) is 0 Å². The first kappa shape index (κ1) is 19.9. The third kappa shape index (κ3) is 3.21. The number of nitrogens with zero attached hydrogens (tertiary/aromatic N) is 3. The van der Waals surface area contributed by atoms with Gasteiger partial charge in [0.15, 0.2) is 0 Å². The molecule has 0 atom stereocenters. The molecule has 0 bridgehead atoms. The molecule has 0 unspecified atom stereocenters.